The molecule has 1 N–H and O–H groups in total. The van der Waals surface area contributed by atoms with E-state index in [2.05, 4.69) is 15.2 Å². The van der Waals surface area contributed by atoms with Gasteiger partial charge in [0.15, 0.2) is 0 Å². The average Bonchev–Trinajstić information content (AvgIpc) is 3.17. The highest BCUT2D eigenvalue weighted by Crippen LogP contribution is 2.41. The molecule has 5 rings (SSSR count). The van der Waals surface area contributed by atoms with Gasteiger partial charge in [-0.2, -0.15) is 13.2 Å². The Kier molecular flexibility index (Phi) is 6.61. The first-order chi connectivity index (χ1) is 17.5. The summed E-state index contributed by atoms with van der Waals surface area (Å²) in [7, 11) is 1.65. The number of benzene rings is 1. The van der Waals surface area contributed by atoms with Crippen molar-refractivity contribution in [2.45, 2.75) is 38.5 Å². The van der Waals surface area contributed by atoms with Gasteiger partial charge in [0, 0.05) is 50.8 Å². The number of carbonyl (C=O) groups excluding carboxylic acids is 2. The van der Waals surface area contributed by atoms with Crippen LogP contribution in [0.2, 0.25) is 0 Å². The summed E-state index contributed by atoms with van der Waals surface area (Å²) in [5.41, 5.74) is 1.81. The Labute approximate surface area is 213 Å². The number of aromatic nitrogens is 1. The molecule has 2 fully saturated rings. The summed E-state index contributed by atoms with van der Waals surface area (Å²) >= 11 is 0. The lowest BCUT2D eigenvalue weighted by Crippen LogP contribution is -2.55. The molecule has 0 aliphatic carbocycles. The summed E-state index contributed by atoms with van der Waals surface area (Å²) < 4.78 is 46.4. The van der Waals surface area contributed by atoms with E-state index >= 15 is 0 Å². The molecule has 3 aliphatic rings. The van der Waals surface area contributed by atoms with Crippen molar-refractivity contribution in [1.82, 2.24) is 10.3 Å². The van der Waals surface area contributed by atoms with E-state index in [1.807, 2.05) is 25.1 Å². The van der Waals surface area contributed by atoms with Crippen LogP contribution in [-0.4, -0.2) is 68.8 Å². The number of pyridine rings is 1. The molecule has 0 spiro atoms. The highest BCUT2D eigenvalue weighted by Gasteiger charge is 2.49. The second kappa shape index (κ2) is 9.60. The van der Waals surface area contributed by atoms with Gasteiger partial charge in [-0.1, -0.05) is 12.1 Å². The molecule has 1 aromatic heterocycles. The third kappa shape index (κ3) is 4.77. The van der Waals surface area contributed by atoms with E-state index in [9.17, 15) is 22.8 Å². The molecule has 2 aromatic rings. The van der Waals surface area contributed by atoms with E-state index in [1.54, 1.807) is 7.05 Å². The molecule has 0 radical (unpaired) electrons. The monoisotopic (exact) mass is 517 g/mol. The maximum Gasteiger partial charge on any atom is 0.416 e. The molecule has 0 bridgehead atoms. The van der Waals surface area contributed by atoms with Crippen molar-refractivity contribution in [2.24, 2.45) is 5.92 Å². The molecule has 3 atom stereocenters. The van der Waals surface area contributed by atoms with Crippen LogP contribution in [0.15, 0.2) is 30.3 Å². The Balaban J connectivity index is 1.58. The van der Waals surface area contributed by atoms with Crippen LogP contribution in [0.4, 0.5) is 30.4 Å². The number of amides is 2. The smallest absolute Gasteiger partial charge is 0.378 e. The molecular weight excluding hydrogens is 487 g/mol. The van der Waals surface area contributed by atoms with Crippen LogP contribution in [0.25, 0.3) is 0 Å². The van der Waals surface area contributed by atoms with Gasteiger partial charge in [-0.3, -0.25) is 14.5 Å². The van der Waals surface area contributed by atoms with Crippen molar-refractivity contribution < 1.29 is 27.5 Å². The average molecular weight is 518 g/mol. The van der Waals surface area contributed by atoms with Crippen LogP contribution >= 0.6 is 0 Å². The molecular formula is C26H30F3N5O3. The van der Waals surface area contributed by atoms with Crippen LogP contribution in [0.5, 0.6) is 0 Å². The van der Waals surface area contributed by atoms with Crippen LogP contribution in [0.1, 0.15) is 23.2 Å². The lowest BCUT2D eigenvalue weighted by atomic mass is 9.94. The Bertz CT molecular complexity index is 1210. The topological polar surface area (TPSA) is 78.0 Å². The number of carbonyl (C=O) groups is 2. The second-order valence-corrected chi connectivity index (χ2v) is 10.00. The number of rotatable bonds is 3. The first-order valence-corrected chi connectivity index (χ1v) is 12.4. The lowest BCUT2D eigenvalue weighted by Gasteiger charge is -2.41. The molecule has 2 saturated heterocycles. The van der Waals surface area contributed by atoms with Crippen LogP contribution in [0.3, 0.4) is 0 Å². The SMILES string of the molecule is Cc1cc(C(F)(F)F)cc(N2C(=O)C[C@@H]3CN(C[C@H]4COCCN4)c4c(C)cccc4N(C)C(=O)[C@H]32)n1. The molecule has 0 unspecified atom stereocenters. The third-order valence-corrected chi connectivity index (χ3v) is 7.32. The van der Waals surface area contributed by atoms with Crippen LogP contribution in [0, 0.1) is 19.8 Å². The van der Waals surface area contributed by atoms with Gasteiger partial charge in [-0.25, -0.2) is 4.98 Å². The van der Waals surface area contributed by atoms with Crippen molar-refractivity contribution in [3.63, 3.8) is 0 Å². The van der Waals surface area contributed by atoms with Gasteiger partial charge in [0.2, 0.25) is 11.8 Å². The van der Waals surface area contributed by atoms with Crippen LogP contribution in [-0.2, 0) is 20.5 Å². The number of halogens is 3. The number of ether oxygens (including phenoxy) is 1. The van der Waals surface area contributed by atoms with Crippen molar-refractivity contribution in [1.29, 1.82) is 0 Å². The minimum absolute atomic E-state index is 0.0352. The Morgan fingerprint density at radius 1 is 1.19 bits per heavy atom. The highest BCUT2D eigenvalue weighted by molar-refractivity contribution is 6.10. The molecule has 1 aromatic carbocycles. The van der Waals surface area contributed by atoms with E-state index in [0.717, 1.165) is 29.9 Å². The van der Waals surface area contributed by atoms with Gasteiger partial charge in [-0.05, 0) is 37.6 Å². The van der Waals surface area contributed by atoms with Crippen molar-refractivity contribution >= 4 is 29.0 Å². The van der Waals surface area contributed by atoms with Crippen LogP contribution < -0.4 is 20.0 Å². The zero-order chi connectivity index (χ0) is 26.5. The molecule has 2 amide bonds. The first kappa shape index (κ1) is 25.5. The Morgan fingerprint density at radius 3 is 2.68 bits per heavy atom. The molecule has 11 heteroatoms. The summed E-state index contributed by atoms with van der Waals surface area (Å²) in [5.74, 6) is -1.34. The number of aryl methyl sites for hydroxylation is 2. The summed E-state index contributed by atoms with van der Waals surface area (Å²) in [5, 5.41) is 3.46. The van der Waals surface area contributed by atoms with E-state index in [0.29, 0.717) is 32.0 Å². The van der Waals surface area contributed by atoms with Gasteiger partial charge in [0.25, 0.3) is 0 Å². The van der Waals surface area contributed by atoms with Gasteiger partial charge in [0.05, 0.1) is 30.2 Å². The normalized spacial score (nSPS) is 24.6. The molecule has 0 saturated carbocycles. The number of fused-ring (bicyclic) bond motifs is 2. The summed E-state index contributed by atoms with van der Waals surface area (Å²) in [4.78, 5) is 36.3. The van der Waals surface area contributed by atoms with Gasteiger partial charge in [0.1, 0.15) is 11.9 Å². The third-order valence-electron chi connectivity index (χ3n) is 7.32. The number of likely N-dealkylation sites (N-methyl/N-ethyl adjacent to an activating group) is 1. The maximum absolute atomic E-state index is 13.9. The van der Waals surface area contributed by atoms with E-state index in [-0.39, 0.29) is 29.9 Å². The number of nitrogens with one attached hydrogen (secondary N) is 1. The predicted octanol–water partition coefficient (Wildman–Crippen LogP) is 2.91. The summed E-state index contributed by atoms with van der Waals surface area (Å²) in [6.45, 7) is 6.33. The second-order valence-electron chi connectivity index (χ2n) is 10.00. The number of hydrogen-bond acceptors (Lipinski definition) is 6. The van der Waals surface area contributed by atoms with Gasteiger partial charge < -0.3 is 19.9 Å². The quantitative estimate of drug-likeness (QED) is 0.675. The standard InChI is InChI=1S/C26H30F3N5O3/c1-15-5-4-6-20-23(15)33(13-19-14-37-8-7-30-19)12-17-10-22(35)34(24(17)25(36)32(20)3)21-11-18(26(27,28)29)9-16(2)31-21/h4-6,9,11,17,19,24,30H,7-8,10,12-14H2,1-3H3/t17-,19+,24+/m1/s1. The van der Waals surface area contributed by atoms with Gasteiger partial charge >= 0.3 is 6.18 Å². The predicted molar refractivity (Wildman–Crippen MR) is 133 cm³/mol. The van der Waals surface area contributed by atoms with Crippen molar-refractivity contribution in [2.75, 3.05) is 54.6 Å². The van der Waals surface area contributed by atoms with Gasteiger partial charge in [-0.15, -0.1) is 0 Å². The number of morpholine rings is 1. The van der Waals surface area contributed by atoms with Crippen molar-refractivity contribution in [3.8, 4) is 0 Å². The molecule has 37 heavy (non-hydrogen) atoms. The molecule has 198 valence electrons. The van der Waals surface area contributed by atoms with E-state index in [1.165, 1.54) is 16.7 Å². The summed E-state index contributed by atoms with van der Waals surface area (Å²) in [6, 6.07) is 6.58. The van der Waals surface area contributed by atoms with Crippen molar-refractivity contribution in [3.05, 3.63) is 47.2 Å². The Hall–Kier alpha value is -3.18. The van der Waals surface area contributed by atoms with E-state index in [4.69, 9.17) is 4.74 Å². The highest BCUT2D eigenvalue weighted by atomic mass is 19.4. The minimum Gasteiger partial charge on any atom is -0.378 e. The fraction of sp³-hybridized carbons (Fsp3) is 0.500. The molecule has 3 aliphatic heterocycles. The fourth-order valence-electron chi connectivity index (χ4n) is 5.67. The number of para-hydroxylation sites is 1. The number of hydrogen-bond donors (Lipinski definition) is 1. The lowest BCUT2D eigenvalue weighted by molar-refractivity contribution is -0.137. The fourth-order valence-corrected chi connectivity index (χ4v) is 5.67. The molecule has 8 nitrogen and oxygen atoms in total. The zero-order valence-corrected chi connectivity index (χ0v) is 21.0. The maximum atomic E-state index is 13.9. The van der Waals surface area contributed by atoms with E-state index < -0.39 is 29.6 Å². The minimum atomic E-state index is -4.60. The number of nitrogens with zero attached hydrogens (tertiary/aromatic N) is 4. The zero-order valence-electron chi connectivity index (χ0n) is 21.0. The largest absolute Gasteiger partial charge is 0.416 e. The first-order valence-electron chi connectivity index (χ1n) is 12.4. The number of anilines is 3. The summed E-state index contributed by atoms with van der Waals surface area (Å²) in [6.07, 6.45) is -4.57. The number of alkyl halides is 3. The Morgan fingerprint density at radius 2 is 1.97 bits per heavy atom. The molecule has 4 heterocycles.